The van der Waals surface area contributed by atoms with E-state index in [2.05, 4.69) is 45.9 Å². The van der Waals surface area contributed by atoms with Gasteiger partial charge in [-0.25, -0.2) is 0 Å². The summed E-state index contributed by atoms with van der Waals surface area (Å²) in [4.78, 5) is 13.2. The topological polar surface area (TPSA) is 68.9 Å². The number of phenolic OH excluding ortho intramolecular Hbond substituents is 1. The molecule has 204 valence electrons. The van der Waals surface area contributed by atoms with Gasteiger partial charge in [-0.2, -0.15) is 0 Å². The first-order valence-corrected chi connectivity index (χ1v) is 13.5. The summed E-state index contributed by atoms with van der Waals surface area (Å²) >= 11 is 0. The number of hydrogen-bond acceptors (Lipinski definition) is 5. The molecule has 1 heterocycles. The molecular formula is C32H46O5. The van der Waals surface area contributed by atoms with Gasteiger partial charge in [-0.1, -0.05) is 63.6 Å². The summed E-state index contributed by atoms with van der Waals surface area (Å²) in [6.07, 6.45) is 13.0. The standard InChI is InChI=1S/C32H46O5/c1-10-20(4)15-13-14-16-27(35-8)23(7)31(36-9)21(5)17-18-28-22(6)30(34)29-26(33)19-24(11-2)25(12-3)32(29)37-28/h10,13-16,19,21,23,27,31,33H,11-12,17-18H2,1-9H3/b15-13+,16-14+,20-10+. The van der Waals surface area contributed by atoms with E-state index in [4.69, 9.17) is 13.9 Å². The van der Waals surface area contributed by atoms with Gasteiger partial charge >= 0.3 is 0 Å². The maximum Gasteiger partial charge on any atom is 0.199 e. The van der Waals surface area contributed by atoms with Gasteiger partial charge in [0.15, 0.2) is 5.43 Å². The van der Waals surface area contributed by atoms with E-state index in [0.29, 0.717) is 28.7 Å². The number of allylic oxidation sites excluding steroid dienone is 5. The number of hydrogen-bond donors (Lipinski definition) is 1. The summed E-state index contributed by atoms with van der Waals surface area (Å²) < 4.78 is 18.1. The minimum absolute atomic E-state index is 0.00322. The van der Waals surface area contributed by atoms with Crippen molar-refractivity contribution in [1.82, 2.24) is 0 Å². The fraction of sp³-hybridized carbons (Fsp3) is 0.531. The lowest BCUT2D eigenvalue weighted by Gasteiger charge is -2.32. The molecule has 4 unspecified atom stereocenters. The number of rotatable bonds is 13. The van der Waals surface area contributed by atoms with Crippen LogP contribution >= 0.6 is 0 Å². The van der Waals surface area contributed by atoms with Gasteiger partial charge in [0.25, 0.3) is 0 Å². The lowest BCUT2D eigenvalue weighted by molar-refractivity contribution is -0.0343. The third-order valence-corrected chi connectivity index (χ3v) is 7.60. The highest BCUT2D eigenvalue weighted by atomic mass is 16.5. The highest BCUT2D eigenvalue weighted by molar-refractivity contribution is 5.87. The summed E-state index contributed by atoms with van der Waals surface area (Å²) in [6, 6.07) is 1.71. The van der Waals surface area contributed by atoms with E-state index in [1.807, 2.05) is 26.0 Å². The van der Waals surface area contributed by atoms with Crippen LogP contribution in [0.4, 0.5) is 0 Å². The van der Waals surface area contributed by atoms with E-state index >= 15 is 0 Å². The third kappa shape index (κ3) is 7.24. The Balaban J connectivity index is 2.28. The summed E-state index contributed by atoms with van der Waals surface area (Å²) in [5.41, 5.74) is 4.16. The van der Waals surface area contributed by atoms with E-state index in [0.717, 1.165) is 30.4 Å². The van der Waals surface area contributed by atoms with Crippen LogP contribution in [0.3, 0.4) is 0 Å². The molecule has 0 radical (unpaired) electrons. The second-order valence-corrected chi connectivity index (χ2v) is 9.98. The normalized spacial score (nSPS) is 16.1. The summed E-state index contributed by atoms with van der Waals surface area (Å²) in [6.45, 7) is 14.3. The van der Waals surface area contributed by atoms with Crippen LogP contribution in [-0.2, 0) is 28.7 Å². The number of ether oxygens (including phenoxy) is 2. The van der Waals surface area contributed by atoms with Gasteiger partial charge in [0.1, 0.15) is 22.5 Å². The lowest BCUT2D eigenvalue weighted by atomic mass is 9.85. The Morgan fingerprint density at radius 2 is 1.84 bits per heavy atom. The first-order valence-electron chi connectivity index (χ1n) is 13.5. The molecule has 2 rings (SSSR count). The minimum Gasteiger partial charge on any atom is -0.507 e. The Kier molecular flexibility index (Phi) is 11.9. The molecule has 4 atom stereocenters. The summed E-state index contributed by atoms with van der Waals surface area (Å²) in [5, 5.41) is 10.9. The fourth-order valence-electron chi connectivity index (χ4n) is 5.15. The van der Waals surface area contributed by atoms with Crippen LogP contribution in [0.25, 0.3) is 11.0 Å². The molecule has 1 aromatic carbocycles. The summed E-state index contributed by atoms with van der Waals surface area (Å²) in [5.74, 6) is 1.01. The Morgan fingerprint density at radius 1 is 1.14 bits per heavy atom. The molecule has 0 spiro atoms. The minimum atomic E-state index is -0.152. The van der Waals surface area contributed by atoms with Gasteiger partial charge in [0.05, 0.1) is 12.2 Å². The van der Waals surface area contributed by atoms with Crippen molar-refractivity contribution in [3.63, 3.8) is 0 Å². The maximum atomic E-state index is 13.2. The van der Waals surface area contributed by atoms with Crippen molar-refractivity contribution >= 4 is 11.0 Å². The van der Waals surface area contributed by atoms with Crippen LogP contribution in [0.5, 0.6) is 5.75 Å². The first kappa shape index (κ1) is 30.6. The number of fused-ring (bicyclic) bond motifs is 1. The molecular weight excluding hydrogens is 464 g/mol. The second kappa shape index (κ2) is 14.3. The molecule has 1 N–H and O–H groups in total. The van der Waals surface area contributed by atoms with Crippen molar-refractivity contribution in [2.45, 2.75) is 86.4 Å². The predicted molar refractivity (Wildman–Crippen MR) is 154 cm³/mol. The number of aromatic hydroxyl groups is 1. The Labute approximate surface area is 222 Å². The van der Waals surface area contributed by atoms with E-state index in [1.54, 1.807) is 27.2 Å². The molecule has 0 saturated heterocycles. The van der Waals surface area contributed by atoms with Crippen LogP contribution in [0.2, 0.25) is 0 Å². The number of phenols is 1. The quantitative estimate of drug-likeness (QED) is 0.288. The van der Waals surface area contributed by atoms with Gasteiger partial charge in [-0.3, -0.25) is 4.79 Å². The van der Waals surface area contributed by atoms with Crippen molar-refractivity contribution < 1.29 is 19.0 Å². The van der Waals surface area contributed by atoms with Crippen molar-refractivity contribution in [2.24, 2.45) is 11.8 Å². The molecule has 1 aromatic heterocycles. The van der Waals surface area contributed by atoms with Crippen LogP contribution in [-0.4, -0.2) is 31.5 Å². The molecule has 0 aliphatic heterocycles. The van der Waals surface area contributed by atoms with E-state index in [9.17, 15) is 9.90 Å². The highest BCUT2D eigenvalue weighted by Gasteiger charge is 2.29. The molecule has 2 aromatic rings. The zero-order valence-electron chi connectivity index (χ0n) is 24.2. The lowest BCUT2D eigenvalue weighted by Crippen LogP contribution is -2.36. The Hall–Kier alpha value is -2.63. The molecule has 0 aliphatic rings. The van der Waals surface area contributed by atoms with E-state index in [1.165, 1.54) is 5.57 Å². The predicted octanol–water partition coefficient (Wildman–Crippen LogP) is 7.25. The maximum absolute atomic E-state index is 13.2. The second-order valence-electron chi connectivity index (χ2n) is 9.98. The molecule has 0 saturated carbocycles. The van der Waals surface area contributed by atoms with Gasteiger partial charge in [0.2, 0.25) is 0 Å². The monoisotopic (exact) mass is 510 g/mol. The molecule has 0 bridgehead atoms. The van der Waals surface area contributed by atoms with E-state index in [-0.39, 0.29) is 35.2 Å². The van der Waals surface area contributed by atoms with Crippen molar-refractivity contribution in [3.05, 3.63) is 74.7 Å². The first-order chi connectivity index (χ1) is 17.6. The Morgan fingerprint density at radius 3 is 2.41 bits per heavy atom. The van der Waals surface area contributed by atoms with Crippen LogP contribution < -0.4 is 5.43 Å². The fourth-order valence-corrected chi connectivity index (χ4v) is 5.15. The van der Waals surface area contributed by atoms with Crippen molar-refractivity contribution in [1.29, 1.82) is 0 Å². The number of aryl methyl sites for hydroxylation is 3. The SMILES string of the molecule is C/C=C(C)/C=C/C=C/C(OC)C(C)C(OC)C(C)CCc1oc2c(CC)c(CC)cc(O)c2c(=O)c1C. The average molecular weight is 511 g/mol. The van der Waals surface area contributed by atoms with E-state index < -0.39 is 0 Å². The highest BCUT2D eigenvalue weighted by Crippen LogP contribution is 2.32. The van der Waals surface area contributed by atoms with Gasteiger partial charge in [-0.05, 0) is 63.1 Å². The zero-order chi connectivity index (χ0) is 27.7. The molecule has 5 heteroatoms. The van der Waals surface area contributed by atoms with Gasteiger partial charge in [-0.15, -0.1) is 0 Å². The zero-order valence-corrected chi connectivity index (χ0v) is 24.2. The molecule has 0 aliphatic carbocycles. The summed E-state index contributed by atoms with van der Waals surface area (Å²) in [7, 11) is 3.47. The molecule has 0 amide bonds. The largest absolute Gasteiger partial charge is 0.507 e. The molecule has 5 nitrogen and oxygen atoms in total. The molecule has 0 fully saturated rings. The van der Waals surface area contributed by atoms with Crippen molar-refractivity contribution in [2.75, 3.05) is 14.2 Å². The smallest absolute Gasteiger partial charge is 0.199 e. The third-order valence-electron chi connectivity index (χ3n) is 7.60. The number of methoxy groups -OCH3 is 2. The Bertz CT molecular complexity index is 1180. The van der Waals surface area contributed by atoms with Crippen molar-refractivity contribution in [3.8, 4) is 5.75 Å². The van der Waals surface area contributed by atoms with Crippen LogP contribution in [0.1, 0.15) is 70.4 Å². The number of benzene rings is 1. The van der Waals surface area contributed by atoms with Gasteiger partial charge < -0.3 is 19.0 Å². The van der Waals surface area contributed by atoms with Gasteiger partial charge in [0, 0.05) is 32.1 Å². The molecule has 37 heavy (non-hydrogen) atoms. The van der Waals surface area contributed by atoms with Crippen LogP contribution in [0.15, 0.2) is 51.2 Å². The average Bonchev–Trinajstić information content (AvgIpc) is 2.89. The van der Waals surface area contributed by atoms with Crippen LogP contribution in [0, 0.1) is 18.8 Å².